The second-order valence-electron chi connectivity index (χ2n) is 4.31. The van der Waals surface area contributed by atoms with E-state index in [2.05, 4.69) is 10.1 Å². The van der Waals surface area contributed by atoms with Gasteiger partial charge in [0.2, 0.25) is 5.91 Å². The third-order valence-electron chi connectivity index (χ3n) is 2.67. The van der Waals surface area contributed by atoms with E-state index in [9.17, 15) is 9.59 Å². The largest absolute Gasteiger partial charge is 0.465 e. The highest BCUT2D eigenvalue weighted by Gasteiger charge is 2.15. The molecule has 0 atom stereocenters. The number of esters is 1. The molecule has 1 amide bonds. The van der Waals surface area contributed by atoms with Gasteiger partial charge in [0.25, 0.3) is 0 Å². The molecule has 0 aliphatic heterocycles. The van der Waals surface area contributed by atoms with Gasteiger partial charge in [0, 0.05) is 4.90 Å². The monoisotopic (exact) mass is 321 g/mol. The first kappa shape index (κ1) is 15.6. The van der Waals surface area contributed by atoms with Gasteiger partial charge in [-0.2, -0.15) is 0 Å². The molecule has 1 N–H and O–H groups in total. The number of anilines is 1. The summed E-state index contributed by atoms with van der Waals surface area (Å²) < 4.78 is 4.67. The number of methoxy groups -OCH3 is 1. The molecular formula is C15H15NO3S2. The second kappa shape index (κ2) is 7.28. The maximum Gasteiger partial charge on any atom is 0.350 e. The summed E-state index contributed by atoms with van der Waals surface area (Å²) in [7, 11) is 1.32. The Morgan fingerprint density at radius 2 is 2.14 bits per heavy atom. The lowest BCUT2D eigenvalue weighted by atomic mass is 10.2. The fourth-order valence-corrected chi connectivity index (χ4v) is 3.28. The van der Waals surface area contributed by atoms with Gasteiger partial charge >= 0.3 is 5.97 Å². The number of benzene rings is 1. The molecule has 21 heavy (non-hydrogen) atoms. The number of thioether (sulfide) groups is 1. The van der Waals surface area contributed by atoms with Crippen LogP contribution in [0.5, 0.6) is 0 Å². The van der Waals surface area contributed by atoms with Crippen LogP contribution in [-0.4, -0.2) is 24.7 Å². The Morgan fingerprint density at radius 1 is 1.33 bits per heavy atom. The highest BCUT2D eigenvalue weighted by molar-refractivity contribution is 8.00. The van der Waals surface area contributed by atoms with Gasteiger partial charge in [-0.1, -0.05) is 17.7 Å². The van der Waals surface area contributed by atoms with E-state index in [0.717, 1.165) is 10.5 Å². The summed E-state index contributed by atoms with van der Waals surface area (Å²) in [6, 6.07) is 9.67. The summed E-state index contributed by atoms with van der Waals surface area (Å²) in [4.78, 5) is 24.9. The fraction of sp³-hybridized carbons (Fsp3) is 0.200. The molecule has 0 saturated heterocycles. The molecule has 0 fully saturated rings. The molecule has 6 heteroatoms. The highest BCUT2D eigenvalue weighted by atomic mass is 32.2. The van der Waals surface area contributed by atoms with E-state index in [1.165, 1.54) is 30.2 Å². The molecule has 4 nitrogen and oxygen atoms in total. The number of amides is 1. The van der Waals surface area contributed by atoms with Crippen LogP contribution in [0, 0.1) is 6.92 Å². The fourth-order valence-electron chi connectivity index (χ4n) is 1.70. The van der Waals surface area contributed by atoms with Crippen LogP contribution in [0.25, 0.3) is 0 Å². The summed E-state index contributed by atoms with van der Waals surface area (Å²) in [5, 5.41) is 4.49. The van der Waals surface area contributed by atoms with Gasteiger partial charge in [-0.25, -0.2) is 4.79 Å². The molecule has 0 bridgehead atoms. The van der Waals surface area contributed by atoms with Crippen molar-refractivity contribution in [3.8, 4) is 0 Å². The zero-order valence-corrected chi connectivity index (χ0v) is 13.3. The molecule has 1 aromatic carbocycles. The summed E-state index contributed by atoms with van der Waals surface area (Å²) in [5.74, 6) is -0.295. The molecule has 0 aliphatic rings. The first-order chi connectivity index (χ1) is 10.1. The Labute approximate surface area is 131 Å². The average molecular weight is 321 g/mol. The zero-order chi connectivity index (χ0) is 15.2. The zero-order valence-electron chi connectivity index (χ0n) is 11.7. The quantitative estimate of drug-likeness (QED) is 0.675. The number of carbonyl (C=O) groups excluding carboxylic acids is 2. The number of ether oxygens (including phenoxy) is 1. The predicted octanol–water partition coefficient (Wildman–Crippen LogP) is 3.57. The van der Waals surface area contributed by atoms with Crippen LogP contribution in [0.4, 0.5) is 5.69 Å². The van der Waals surface area contributed by atoms with Crippen LogP contribution in [0.1, 0.15) is 15.2 Å². The number of hydrogen-bond donors (Lipinski definition) is 1. The van der Waals surface area contributed by atoms with Crippen molar-refractivity contribution in [2.75, 3.05) is 18.2 Å². The third-order valence-corrected chi connectivity index (χ3v) is 4.56. The Balaban J connectivity index is 1.93. The number of carbonyl (C=O) groups is 2. The summed E-state index contributed by atoms with van der Waals surface area (Å²) in [5.41, 5.74) is 1.66. The third kappa shape index (κ3) is 4.34. The van der Waals surface area contributed by atoms with E-state index in [4.69, 9.17) is 0 Å². The van der Waals surface area contributed by atoms with Crippen molar-refractivity contribution < 1.29 is 14.3 Å². The van der Waals surface area contributed by atoms with Gasteiger partial charge in [0.15, 0.2) is 0 Å². The minimum absolute atomic E-state index is 0.148. The van der Waals surface area contributed by atoms with E-state index in [1.54, 1.807) is 11.4 Å². The van der Waals surface area contributed by atoms with Crippen LogP contribution < -0.4 is 5.32 Å². The Morgan fingerprint density at radius 3 is 2.86 bits per heavy atom. The van der Waals surface area contributed by atoms with Gasteiger partial charge < -0.3 is 10.1 Å². The minimum Gasteiger partial charge on any atom is -0.465 e. The number of hydrogen-bond acceptors (Lipinski definition) is 5. The Bertz CT molecular complexity index is 652. The van der Waals surface area contributed by atoms with E-state index in [0.29, 0.717) is 16.3 Å². The smallest absolute Gasteiger partial charge is 0.350 e. The summed E-state index contributed by atoms with van der Waals surface area (Å²) in [6.07, 6.45) is 0. The van der Waals surface area contributed by atoms with Crippen molar-refractivity contribution in [1.82, 2.24) is 0 Å². The number of aryl methyl sites for hydroxylation is 1. The van der Waals surface area contributed by atoms with Crippen molar-refractivity contribution in [2.24, 2.45) is 0 Å². The topological polar surface area (TPSA) is 55.4 Å². The van der Waals surface area contributed by atoms with E-state index in [1.807, 2.05) is 31.2 Å². The number of thiophene rings is 1. The molecule has 0 aliphatic carbocycles. The SMILES string of the molecule is COC(=O)c1sccc1NC(=O)CSc1cccc(C)c1. The molecule has 1 heterocycles. The van der Waals surface area contributed by atoms with Crippen LogP contribution in [0.15, 0.2) is 40.6 Å². The summed E-state index contributed by atoms with van der Waals surface area (Å²) >= 11 is 2.70. The molecule has 2 rings (SSSR count). The molecule has 0 unspecified atom stereocenters. The highest BCUT2D eigenvalue weighted by Crippen LogP contribution is 2.24. The average Bonchev–Trinajstić information content (AvgIpc) is 2.92. The standard InChI is InChI=1S/C15H15NO3S2/c1-10-4-3-5-11(8-10)21-9-13(17)16-12-6-7-20-14(12)15(18)19-2/h3-8H,9H2,1-2H3,(H,16,17). The van der Waals surface area contributed by atoms with Gasteiger partial charge in [0.1, 0.15) is 4.88 Å². The molecule has 2 aromatic rings. The molecule has 0 saturated carbocycles. The van der Waals surface area contributed by atoms with Crippen LogP contribution in [0.2, 0.25) is 0 Å². The van der Waals surface area contributed by atoms with Crippen molar-refractivity contribution >= 4 is 40.7 Å². The lowest BCUT2D eigenvalue weighted by Crippen LogP contribution is -2.15. The van der Waals surface area contributed by atoms with Gasteiger partial charge in [0.05, 0.1) is 18.6 Å². The number of rotatable bonds is 5. The molecule has 1 aromatic heterocycles. The van der Waals surface area contributed by atoms with Crippen molar-refractivity contribution in [3.05, 3.63) is 46.2 Å². The minimum atomic E-state index is -0.438. The van der Waals surface area contributed by atoms with Crippen LogP contribution >= 0.6 is 23.1 Å². The second-order valence-corrected chi connectivity index (χ2v) is 6.27. The van der Waals surface area contributed by atoms with Gasteiger partial charge in [-0.05, 0) is 30.5 Å². The summed E-state index contributed by atoms with van der Waals surface area (Å²) in [6.45, 7) is 2.01. The van der Waals surface area contributed by atoms with Crippen LogP contribution in [0.3, 0.4) is 0 Å². The van der Waals surface area contributed by atoms with Gasteiger partial charge in [-0.3, -0.25) is 4.79 Å². The lowest BCUT2D eigenvalue weighted by molar-refractivity contribution is -0.113. The molecule has 110 valence electrons. The molecule has 0 radical (unpaired) electrons. The maximum atomic E-state index is 12.0. The van der Waals surface area contributed by atoms with E-state index in [-0.39, 0.29) is 5.91 Å². The first-order valence-electron chi connectivity index (χ1n) is 6.25. The Hall–Kier alpha value is -1.79. The predicted molar refractivity (Wildman–Crippen MR) is 86.2 cm³/mol. The van der Waals surface area contributed by atoms with Crippen molar-refractivity contribution in [1.29, 1.82) is 0 Å². The Kier molecular flexibility index (Phi) is 5.41. The van der Waals surface area contributed by atoms with E-state index < -0.39 is 5.97 Å². The number of nitrogens with one attached hydrogen (secondary N) is 1. The van der Waals surface area contributed by atoms with Crippen molar-refractivity contribution in [3.63, 3.8) is 0 Å². The first-order valence-corrected chi connectivity index (χ1v) is 8.12. The molecular weight excluding hydrogens is 306 g/mol. The van der Waals surface area contributed by atoms with Crippen LogP contribution in [-0.2, 0) is 9.53 Å². The van der Waals surface area contributed by atoms with Gasteiger partial charge in [-0.15, -0.1) is 23.1 Å². The van der Waals surface area contributed by atoms with E-state index >= 15 is 0 Å². The normalized spacial score (nSPS) is 10.2. The van der Waals surface area contributed by atoms with Crippen molar-refractivity contribution in [2.45, 2.75) is 11.8 Å². The molecule has 0 spiro atoms. The lowest BCUT2D eigenvalue weighted by Gasteiger charge is -2.06. The maximum absolute atomic E-state index is 12.0.